The van der Waals surface area contributed by atoms with Gasteiger partial charge in [0.2, 0.25) is 0 Å². The zero-order valence-electron chi connectivity index (χ0n) is 12.6. The molecule has 1 aliphatic rings. The standard InChI is InChI=1S/C17H22N4O/c18-17-11-20-16(10-21-17)13-7-12(8-15(22)9-13)4-5-14-3-1-2-6-19-14/h7-11,14,19,22H,1-6H2,(H2,18,21)/t14-/m0/s1. The fourth-order valence-electron chi connectivity index (χ4n) is 2.96. The summed E-state index contributed by atoms with van der Waals surface area (Å²) < 4.78 is 0. The van der Waals surface area contributed by atoms with E-state index in [0.29, 0.717) is 11.9 Å². The van der Waals surface area contributed by atoms with Crippen LogP contribution < -0.4 is 11.1 Å². The monoisotopic (exact) mass is 298 g/mol. The van der Waals surface area contributed by atoms with E-state index in [9.17, 15) is 5.11 Å². The van der Waals surface area contributed by atoms with E-state index >= 15 is 0 Å². The number of nitrogen functional groups attached to an aromatic ring is 1. The van der Waals surface area contributed by atoms with Gasteiger partial charge in [0.15, 0.2) is 0 Å². The number of nitrogens with two attached hydrogens (primary N) is 1. The number of phenols is 1. The van der Waals surface area contributed by atoms with Crippen LogP contribution in [0.2, 0.25) is 0 Å². The maximum atomic E-state index is 9.96. The number of aryl methyl sites for hydroxylation is 1. The third-order valence-corrected chi connectivity index (χ3v) is 4.14. The summed E-state index contributed by atoms with van der Waals surface area (Å²) in [6.07, 6.45) is 9.04. The predicted octanol–water partition coefficient (Wildman–Crippen LogP) is 2.51. The normalized spacial score (nSPS) is 18.3. The molecule has 1 fully saturated rings. The van der Waals surface area contributed by atoms with Crippen molar-refractivity contribution >= 4 is 5.82 Å². The number of aromatic nitrogens is 2. The molecule has 2 heterocycles. The molecule has 1 aromatic heterocycles. The summed E-state index contributed by atoms with van der Waals surface area (Å²) in [5.74, 6) is 0.662. The van der Waals surface area contributed by atoms with Crippen molar-refractivity contribution in [1.29, 1.82) is 0 Å². The van der Waals surface area contributed by atoms with Crippen molar-refractivity contribution < 1.29 is 5.11 Å². The topological polar surface area (TPSA) is 84.1 Å². The van der Waals surface area contributed by atoms with Crippen LogP contribution in [0.4, 0.5) is 5.82 Å². The first-order chi connectivity index (χ1) is 10.7. The predicted molar refractivity (Wildman–Crippen MR) is 87.5 cm³/mol. The first-order valence-corrected chi connectivity index (χ1v) is 7.85. The molecule has 0 radical (unpaired) electrons. The van der Waals surface area contributed by atoms with Gasteiger partial charge in [-0.15, -0.1) is 0 Å². The number of nitrogens with one attached hydrogen (secondary N) is 1. The third kappa shape index (κ3) is 3.74. The lowest BCUT2D eigenvalue weighted by Gasteiger charge is -2.23. The Kier molecular flexibility index (Phi) is 4.53. The summed E-state index contributed by atoms with van der Waals surface area (Å²) in [4.78, 5) is 8.33. The highest BCUT2D eigenvalue weighted by Crippen LogP contribution is 2.25. The molecule has 1 atom stereocenters. The van der Waals surface area contributed by atoms with Crippen molar-refractivity contribution in [2.24, 2.45) is 0 Å². The highest BCUT2D eigenvalue weighted by molar-refractivity contribution is 5.62. The van der Waals surface area contributed by atoms with Crippen LogP contribution in [-0.4, -0.2) is 27.7 Å². The Morgan fingerprint density at radius 3 is 2.82 bits per heavy atom. The molecule has 0 unspecified atom stereocenters. The molecule has 0 aliphatic carbocycles. The Labute approximate surface area is 130 Å². The zero-order valence-corrected chi connectivity index (χ0v) is 12.6. The van der Waals surface area contributed by atoms with E-state index in [1.807, 2.05) is 6.07 Å². The number of phenolic OH excluding ortho intramolecular Hbond substituents is 1. The summed E-state index contributed by atoms with van der Waals surface area (Å²) in [6.45, 7) is 1.12. The highest BCUT2D eigenvalue weighted by Gasteiger charge is 2.13. The molecule has 116 valence electrons. The number of anilines is 1. The molecule has 2 aromatic rings. The Hall–Kier alpha value is -2.14. The van der Waals surface area contributed by atoms with Gasteiger partial charge in [-0.1, -0.05) is 6.42 Å². The van der Waals surface area contributed by atoms with Crippen LogP contribution in [0.1, 0.15) is 31.2 Å². The maximum absolute atomic E-state index is 9.96. The Morgan fingerprint density at radius 1 is 1.18 bits per heavy atom. The van der Waals surface area contributed by atoms with Gasteiger partial charge < -0.3 is 16.2 Å². The second-order valence-electron chi connectivity index (χ2n) is 5.90. The lowest BCUT2D eigenvalue weighted by molar-refractivity contribution is 0.382. The van der Waals surface area contributed by atoms with Crippen LogP contribution in [0, 0.1) is 0 Å². The number of hydrogen-bond acceptors (Lipinski definition) is 5. The third-order valence-electron chi connectivity index (χ3n) is 4.14. The lowest BCUT2D eigenvalue weighted by atomic mass is 9.97. The largest absolute Gasteiger partial charge is 0.508 e. The van der Waals surface area contributed by atoms with E-state index in [-0.39, 0.29) is 5.75 Å². The van der Waals surface area contributed by atoms with E-state index < -0.39 is 0 Å². The lowest BCUT2D eigenvalue weighted by Crippen LogP contribution is -2.34. The first kappa shape index (κ1) is 14.8. The quantitative estimate of drug-likeness (QED) is 0.807. The molecule has 0 spiro atoms. The molecule has 1 saturated heterocycles. The van der Waals surface area contributed by atoms with Crippen molar-refractivity contribution in [3.05, 3.63) is 36.2 Å². The van der Waals surface area contributed by atoms with Gasteiger partial charge in [-0.2, -0.15) is 0 Å². The van der Waals surface area contributed by atoms with Crippen molar-refractivity contribution in [2.75, 3.05) is 12.3 Å². The van der Waals surface area contributed by atoms with Crippen LogP contribution >= 0.6 is 0 Å². The summed E-state index contributed by atoms with van der Waals surface area (Å²) in [7, 11) is 0. The summed E-state index contributed by atoms with van der Waals surface area (Å²) in [5.41, 5.74) is 8.29. The van der Waals surface area contributed by atoms with Gasteiger partial charge in [0.1, 0.15) is 11.6 Å². The van der Waals surface area contributed by atoms with Crippen molar-refractivity contribution in [3.63, 3.8) is 0 Å². The minimum atomic E-state index is 0.266. The summed E-state index contributed by atoms with van der Waals surface area (Å²) in [6, 6.07) is 6.21. The molecule has 22 heavy (non-hydrogen) atoms. The average Bonchev–Trinajstić information content (AvgIpc) is 2.54. The first-order valence-electron chi connectivity index (χ1n) is 7.85. The van der Waals surface area contributed by atoms with Gasteiger partial charge in [-0.25, -0.2) is 4.98 Å². The van der Waals surface area contributed by atoms with Gasteiger partial charge in [0.05, 0.1) is 18.1 Å². The van der Waals surface area contributed by atoms with E-state index in [0.717, 1.165) is 36.2 Å². The van der Waals surface area contributed by atoms with Gasteiger partial charge in [-0.3, -0.25) is 4.98 Å². The zero-order chi connectivity index (χ0) is 15.4. The van der Waals surface area contributed by atoms with E-state index in [1.165, 1.54) is 25.5 Å². The Balaban J connectivity index is 1.73. The van der Waals surface area contributed by atoms with Gasteiger partial charge in [0, 0.05) is 11.6 Å². The molecule has 5 heteroatoms. The number of benzene rings is 1. The van der Waals surface area contributed by atoms with E-state index in [1.54, 1.807) is 12.3 Å². The van der Waals surface area contributed by atoms with E-state index in [4.69, 9.17) is 5.73 Å². The van der Waals surface area contributed by atoms with Crippen molar-refractivity contribution in [2.45, 2.75) is 38.1 Å². The second kappa shape index (κ2) is 6.75. The van der Waals surface area contributed by atoms with Gasteiger partial charge in [0.25, 0.3) is 0 Å². The molecule has 3 rings (SSSR count). The minimum Gasteiger partial charge on any atom is -0.508 e. The number of hydrogen-bond donors (Lipinski definition) is 3. The van der Waals surface area contributed by atoms with Gasteiger partial charge >= 0.3 is 0 Å². The number of rotatable bonds is 4. The minimum absolute atomic E-state index is 0.266. The van der Waals surface area contributed by atoms with Crippen LogP contribution in [-0.2, 0) is 6.42 Å². The Morgan fingerprint density at radius 2 is 2.09 bits per heavy atom. The fourth-order valence-corrected chi connectivity index (χ4v) is 2.96. The number of piperidine rings is 1. The molecule has 0 bridgehead atoms. The molecule has 0 amide bonds. The smallest absolute Gasteiger partial charge is 0.141 e. The molecule has 5 nitrogen and oxygen atoms in total. The van der Waals surface area contributed by atoms with Crippen molar-refractivity contribution in [1.82, 2.24) is 15.3 Å². The van der Waals surface area contributed by atoms with Crippen LogP contribution in [0.5, 0.6) is 5.75 Å². The molecule has 4 N–H and O–H groups in total. The Bertz CT molecular complexity index is 621. The van der Waals surface area contributed by atoms with Crippen LogP contribution in [0.15, 0.2) is 30.6 Å². The fraction of sp³-hybridized carbons (Fsp3) is 0.412. The molecule has 0 saturated carbocycles. The SMILES string of the molecule is Nc1cnc(-c2cc(O)cc(CC[C@@H]3CCCCN3)c2)cn1. The summed E-state index contributed by atoms with van der Waals surface area (Å²) in [5, 5.41) is 13.5. The number of nitrogens with zero attached hydrogens (tertiary/aromatic N) is 2. The van der Waals surface area contributed by atoms with Gasteiger partial charge in [-0.05, 0) is 56.0 Å². The van der Waals surface area contributed by atoms with Crippen molar-refractivity contribution in [3.8, 4) is 17.0 Å². The average molecular weight is 298 g/mol. The second-order valence-corrected chi connectivity index (χ2v) is 5.90. The molecule has 1 aromatic carbocycles. The highest BCUT2D eigenvalue weighted by atomic mass is 16.3. The molecule has 1 aliphatic heterocycles. The summed E-state index contributed by atoms with van der Waals surface area (Å²) >= 11 is 0. The van der Waals surface area contributed by atoms with Crippen LogP contribution in [0.3, 0.4) is 0 Å². The maximum Gasteiger partial charge on any atom is 0.141 e. The molecular weight excluding hydrogens is 276 g/mol. The van der Waals surface area contributed by atoms with Crippen LogP contribution in [0.25, 0.3) is 11.3 Å². The molecular formula is C17H22N4O. The van der Waals surface area contributed by atoms with E-state index in [2.05, 4.69) is 21.4 Å². The number of aromatic hydroxyl groups is 1.